The fourth-order valence-electron chi connectivity index (χ4n) is 4.03. The quantitative estimate of drug-likeness (QED) is 0.657. The largest absolute Gasteiger partial charge is 0.342 e. The van der Waals surface area contributed by atoms with E-state index in [9.17, 15) is 9.59 Å². The molecule has 2 saturated heterocycles. The zero-order chi connectivity index (χ0) is 20.5. The Morgan fingerprint density at radius 3 is 2.28 bits per heavy atom. The number of carbonyl (C=O) groups excluding carboxylic acids is 2. The summed E-state index contributed by atoms with van der Waals surface area (Å²) in [7, 11) is 0. The third kappa shape index (κ3) is 6.80. The number of piperazine rings is 1. The molecule has 0 atom stereocenters. The second kappa shape index (κ2) is 11.3. The highest BCUT2D eigenvalue weighted by molar-refractivity contribution is 5.78. The smallest absolute Gasteiger partial charge is 0.236 e. The Bertz CT molecular complexity index is 646. The Hall–Kier alpha value is -1.96. The monoisotopic (exact) mass is 405 g/mol. The molecule has 0 radical (unpaired) electrons. The van der Waals surface area contributed by atoms with E-state index in [0.29, 0.717) is 38.4 Å². The van der Waals surface area contributed by atoms with Crippen LogP contribution in [0.4, 0.5) is 0 Å². The molecule has 1 aromatic rings. The summed E-state index contributed by atoms with van der Waals surface area (Å²) < 4.78 is 5.22. The van der Waals surface area contributed by atoms with Crippen molar-refractivity contribution in [3.63, 3.8) is 0 Å². The van der Waals surface area contributed by atoms with Crippen LogP contribution in [0.3, 0.4) is 0 Å². The van der Waals surface area contributed by atoms with E-state index in [1.54, 1.807) is 0 Å². The van der Waals surface area contributed by atoms with E-state index in [4.69, 9.17) is 4.52 Å². The van der Waals surface area contributed by atoms with Gasteiger partial charge in [0, 0.05) is 58.5 Å². The van der Waals surface area contributed by atoms with E-state index < -0.39 is 0 Å². The molecule has 3 rings (SSSR count). The summed E-state index contributed by atoms with van der Waals surface area (Å²) in [5.41, 5.74) is 0. The maximum Gasteiger partial charge on any atom is 0.236 e. The minimum atomic E-state index is 0.178. The van der Waals surface area contributed by atoms with Gasteiger partial charge in [-0.1, -0.05) is 24.9 Å². The van der Waals surface area contributed by atoms with Gasteiger partial charge < -0.3 is 14.3 Å². The lowest BCUT2D eigenvalue weighted by Crippen LogP contribution is -2.51. The highest BCUT2D eigenvalue weighted by Crippen LogP contribution is 2.12. The molecule has 0 N–H and O–H groups in total. The second-order valence-electron chi connectivity index (χ2n) is 8.16. The second-order valence-corrected chi connectivity index (χ2v) is 8.16. The fourth-order valence-corrected chi connectivity index (χ4v) is 4.03. The number of nitrogens with zero attached hydrogens (tertiary/aromatic N) is 5. The van der Waals surface area contributed by atoms with Gasteiger partial charge in [0.2, 0.25) is 17.7 Å². The van der Waals surface area contributed by atoms with Crippen LogP contribution in [0.1, 0.15) is 63.6 Å². The van der Waals surface area contributed by atoms with E-state index in [0.717, 1.165) is 64.1 Å². The minimum absolute atomic E-state index is 0.178. The molecule has 0 bridgehead atoms. The van der Waals surface area contributed by atoms with Gasteiger partial charge in [-0.25, -0.2) is 0 Å². The number of rotatable bonds is 8. The molecule has 0 spiro atoms. The average molecular weight is 406 g/mol. The topological polar surface area (TPSA) is 82.8 Å². The molecule has 8 nitrogen and oxygen atoms in total. The molecule has 2 aliphatic rings. The average Bonchev–Trinajstić information content (AvgIpc) is 2.99. The lowest BCUT2D eigenvalue weighted by atomic mass is 10.2. The van der Waals surface area contributed by atoms with Crippen molar-refractivity contribution < 1.29 is 14.1 Å². The number of amides is 2. The van der Waals surface area contributed by atoms with Crippen molar-refractivity contribution in [1.29, 1.82) is 0 Å². The zero-order valence-corrected chi connectivity index (χ0v) is 17.8. The molecule has 162 valence electrons. The predicted molar refractivity (Wildman–Crippen MR) is 109 cm³/mol. The Morgan fingerprint density at radius 1 is 0.897 bits per heavy atom. The van der Waals surface area contributed by atoms with Gasteiger partial charge in [-0.2, -0.15) is 4.98 Å². The highest BCUT2D eigenvalue weighted by atomic mass is 16.5. The van der Waals surface area contributed by atoms with Crippen LogP contribution >= 0.6 is 0 Å². The maximum atomic E-state index is 12.5. The standard InChI is InChI=1S/C21H35N5O3/c1-2-8-18-22-19(29-23-18)9-7-10-20(27)26-15-13-24(14-16-26)17-21(28)25-11-5-3-4-6-12-25/h2-17H2,1H3. The van der Waals surface area contributed by atoms with Crippen molar-refractivity contribution in [2.75, 3.05) is 45.8 Å². The number of hydrogen-bond acceptors (Lipinski definition) is 6. The van der Waals surface area contributed by atoms with Crippen LogP contribution in [0.2, 0.25) is 0 Å². The highest BCUT2D eigenvalue weighted by Gasteiger charge is 2.24. The minimum Gasteiger partial charge on any atom is -0.342 e. The van der Waals surface area contributed by atoms with Crippen LogP contribution in [0.5, 0.6) is 0 Å². The van der Waals surface area contributed by atoms with Crippen molar-refractivity contribution >= 4 is 11.8 Å². The SMILES string of the molecule is CCCc1noc(CCCC(=O)N2CCN(CC(=O)N3CCCCCC3)CC2)n1. The molecule has 8 heteroatoms. The first-order chi connectivity index (χ1) is 14.2. The first kappa shape index (κ1) is 21.7. The number of hydrogen-bond donors (Lipinski definition) is 0. The number of likely N-dealkylation sites (tertiary alicyclic amines) is 1. The van der Waals surface area contributed by atoms with Crippen molar-refractivity contribution in [3.05, 3.63) is 11.7 Å². The lowest BCUT2D eigenvalue weighted by molar-refractivity contribution is -0.135. The maximum absolute atomic E-state index is 12.5. The molecular formula is C21H35N5O3. The molecule has 2 amide bonds. The molecule has 29 heavy (non-hydrogen) atoms. The normalized spacial score (nSPS) is 18.7. The third-order valence-corrected chi connectivity index (χ3v) is 5.81. The molecule has 3 heterocycles. The summed E-state index contributed by atoms with van der Waals surface area (Å²) in [5, 5.41) is 3.95. The predicted octanol–water partition coefficient (Wildman–Crippen LogP) is 1.89. The van der Waals surface area contributed by atoms with Crippen LogP contribution in [0.15, 0.2) is 4.52 Å². The van der Waals surface area contributed by atoms with Gasteiger partial charge in [-0.15, -0.1) is 0 Å². The first-order valence-electron chi connectivity index (χ1n) is 11.2. The van der Waals surface area contributed by atoms with Crippen molar-refractivity contribution in [3.8, 4) is 0 Å². The molecule has 0 saturated carbocycles. The molecule has 2 aliphatic heterocycles. The van der Waals surface area contributed by atoms with E-state index in [1.165, 1.54) is 12.8 Å². The van der Waals surface area contributed by atoms with Crippen LogP contribution in [-0.2, 0) is 22.4 Å². The van der Waals surface area contributed by atoms with E-state index in [2.05, 4.69) is 22.0 Å². The van der Waals surface area contributed by atoms with Crippen molar-refractivity contribution in [2.24, 2.45) is 0 Å². The molecule has 0 unspecified atom stereocenters. The summed E-state index contributed by atoms with van der Waals surface area (Å²) in [4.78, 5) is 35.5. The van der Waals surface area contributed by atoms with Gasteiger partial charge in [-0.3, -0.25) is 14.5 Å². The summed E-state index contributed by atoms with van der Waals surface area (Å²) in [6.07, 6.45) is 8.40. The molecule has 2 fully saturated rings. The van der Waals surface area contributed by atoms with Crippen LogP contribution in [0.25, 0.3) is 0 Å². The first-order valence-corrected chi connectivity index (χ1v) is 11.2. The number of aromatic nitrogens is 2. The summed E-state index contributed by atoms with van der Waals surface area (Å²) in [5.74, 6) is 1.79. The Morgan fingerprint density at radius 2 is 1.59 bits per heavy atom. The van der Waals surface area contributed by atoms with Gasteiger partial charge in [-0.05, 0) is 25.7 Å². The van der Waals surface area contributed by atoms with Crippen molar-refractivity contribution in [2.45, 2.75) is 64.7 Å². The molecule has 0 aromatic carbocycles. The van der Waals surface area contributed by atoms with Gasteiger partial charge in [0.15, 0.2) is 5.82 Å². The molecule has 1 aromatic heterocycles. The van der Waals surface area contributed by atoms with Gasteiger partial charge in [0.25, 0.3) is 0 Å². The van der Waals surface area contributed by atoms with Crippen LogP contribution in [0, 0.1) is 0 Å². The van der Waals surface area contributed by atoms with Gasteiger partial charge >= 0.3 is 0 Å². The molecular weight excluding hydrogens is 370 g/mol. The Labute approximate surface area is 173 Å². The number of aryl methyl sites for hydroxylation is 2. The third-order valence-electron chi connectivity index (χ3n) is 5.81. The van der Waals surface area contributed by atoms with Crippen LogP contribution < -0.4 is 0 Å². The van der Waals surface area contributed by atoms with E-state index in [1.807, 2.05) is 9.80 Å². The molecule has 0 aliphatic carbocycles. The number of carbonyl (C=O) groups is 2. The van der Waals surface area contributed by atoms with Gasteiger partial charge in [0.1, 0.15) is 0 Å². The zero-order valence-electron chi connectivity index (χ0n) is 17.8. The van der Waals surface area contributed by atoms with Crippen LogP contribution in [-0.4, -0.2) is 82.5 Å². The lowest BCUT2D eigenvalue weighted by Gasteiger charge is -2.35. The van der Waals surface area contributed by atoms with Gasteiger partial charge in [0.05, 0.1) is 6.54 Å². The summed E-state index contributed by atoms with van der Waals surface area (Å²) in [6, 6.07) is 0. The van der Waals surface area contributed by atoms with E-state index in [-0.39, 0.29) is 11.8 Å². The summed E-state index contributed by atoms with van der Waals surface area (Å²) in [6.45, 7) is 7.32. The fraction of sp³-hybridized carbons (Fsp3) is 0.810. The van der Waals surface area contributed by atoms with E-state index >= 15 is 0 Å². The Kier molecular flexibility index (Phi) is 8.46. The van der Waals surface area contributed by atoms with Crippen molar-refractivity contribution in [1.82, 2.24) is 24.8 Å². The Balaban J connectivity index is 1.32. The summed E-state index contributed by atoms with van der Waals surface area (Å²) >= 11 is 0.